The van der Waals surface area contributed by atoms with Crippen LogP contribution in [0.1, 0.15) is 34.7 Å². The summed E-state index contributed by atoms with van der Waals surface area (Å²) in [6, 6.07) is 23.8. The first kappa shape index (κ1) is 22.9. The predicted octanol–water partition coefficient (Wildman–Crippen LogP) is 5.44. The molecule has 6 nitrogen and oxygen atoms in total. The van der Waals surface area contributed by atoms with Crippen LogP contribution in [0.4, 0.5) is 11.4 Å². The molecule has 1 aliphatic rings. The van der Waals surface area contributed by atoms with E-state index in [4.69, 9.17) is 12.2 Å². The molecular formula is C28H29N5OS. The van der Waals surface area contributed by atoms with Gasteiger partial charge >= 0.3 is 0 Å². The highest BCUT2D eigenvalue weighted by atomic mass is 32.1. The summed E-state index contributed by atoms with van der Waals surface area (Å²) < 4.78 is 2.22. The molecule has 2 atom stereocenters. The molecule has 0 amide bonds. The third-order valence-corrected chi connectivity index (χ3v) is 6.95. The van der Waals surface area contributed by atoms with E-state index in [0.29, 0.717) is 5.11 Å². The molecule has 1 aliphatic heterocycles. The first-order chi connectivity index (χ1) is 16.8. The van der Waals surface area contributed by atoms with Crippen LogP contribution in [0.2, 0.25) is 0 Å². The molecule has 7 heteroatoms. The number of nitrogens with zero attached hydrogens (tertiary/aromatic N) is 4. The van der Waals surface area contributed by atoms with Crippen LogP contribution in [0, 0.1) is 13.8 Å². The van der Waals surface area contributed by atoms with Crippen LogP contribution in [0.15, 0.2) is 79.0 Å². The molecule has 1 fully saturated rings. The van der Waals surface area contributed by atoms with E-state index in [1.54, 1.807) is 12.1 Å². The maximum absolute atomic E-state index is 9.78. The van der Waals surface area contributed by atoms with E-state index >= 15 is 0 Å². The molecule has 3 heterocycles. The Bertz CT molecular complexity index is 1350. The van der Waals surface area contributed by atoms with Crippen LogP contribution in [-0.4, -0.2) is 33.9 Å². The number of aryl methyl sites for hydroxylation is 1. The molecule has 0 radical (unpaired) electrons. The van der Waals surface area contributed by atoms with Gasteiger partial charge in [-0.05, 0) is 98.4 Å². The van der Waals surface area contributed by atoms with Crippen molar-refractivity contribution in [3.63, 3.8) is 0 Å². The van der Waals surface area contributed by atoms with Gasteiger partial charge in [-0.1, -0.05) is 6.07 Å². The summed E-state index contributed by atoms with van der Waals surface area (Å²) in [5.74, 6) is 0.254. The molecule has 0 aliphatic carbocycles. The number of hydrogen-bond acceptors (Lipinski definition) is 4. The zero-order chi connectivity index (χ0) is 24.7. The Morgan fingerprint density at radius 3 is 2.26 bits per heavy atom. The molecule has 2 N–H and O–H groups in total. The van der Waals surface area contributed by atoms with Crippen molar-refractivity contribution in [1.29, 1.82) is 0 Å². The smallest absolute Gasteiger partial charge is 0.174 e. The topological polar surface area (TPSA) is 56.6 Å². The second-order valence-electron chi connectivity index (χ2n) is 9.09. The lowest BCUT2D eigenvalue weighted by Crippen LogP contribution is -2.29. The van der Waals surface area contributed by atoms with Gasteiger partial charge in [-0.2, -0.15) is 0 Å². The molecule has 0 bridgehead atoms. The van der Waals surface area contributed by atoms with E-state index in [9.17, 15) is 5.11 Å². The molecule has 0 saturated carbocycles. The van der Waals surface area contributed by atoms with Crippen LogP contribution < -0.4 is 15.1 Å². The van der Waals surface area contributed by atoms with Gasteiger partial charge in [-0.25, -0.2) is 0 Å². The summed E-state index contributed by atoms with van der Waals surface area (Å²) in [5, 5.41) is 14.0. The monoisotopic (exact) mass is 483 g/mol. The van der Waals surface area contributed by atoms with Crippen LogP contribution >= 0.6 is 12.2 Å². The number of nitrogens with one attached hydrogen (secondary N) is 1. The fourth-order valence-corrected chi connectivity index (χ4v) is 5.29. The number of phenolic OH excluding ortho intramolecular Hbond substituents is 1. The zero-order valence-electron chi connectivity index (χ0n) is 20.3. The number of phenols is 1. The van der Waals surface area contributed by atoms with Crippen molar-refractivity contribution in [3.05, 3.63) is 102 Å². The van der Waals surface area contributed by atoms with Crippen molar-refractivity contribution in [3.8, 4) is 11.4 Å². The lowest BCUT2D eigenvalue weighted by Gasteiger charge is -2.28. The van der Waals surface area contributed by atoms with Crippen molar-refractivity contribution >= 4 is 28.7 Å². The number of anilines is 2. The fraction of sp³-hybridized carbons (Fsp3) is 0.214. The van der Waals surface area contributed by atoms with E-state index in [-0.39, 0.29) is 17.8 Å². The Labute approximate surface area is 211 Å². The Balaban J connectivity index is 1.65. The number of aromatic nitrogens is 2. The van der Waals surface area contributed by atoms with Crippen molar-refractivity contribution in [2.45, 2.75) is 25.9 Å². The van der Waals surface area contributed by atoms with E-state index < -0.39 is 0 Å². The van der Waals surface area contributed by atoms with Gasteiger partial charge in [-0.15, -0.1) is 0 Å². The molecular weight excluding hydrogens is 454 g/mol. The Kier molecular flexibility index (Phi) is 5.94. The minimum absolute atomic E-state index is 0.0836. The summed E-state index contributed by atoms with van der Waals surface area (Å²) in [6.45, 7) is 4.25. The standard InChI is InChI=1S/C28H29N5OS/c1-18-17-24(19(2)32(18)21-12-14-23(34)15-13-21)27-26(25-7-5-6-16-29-25)30-28(35)33(27)22-10-8-20(9-11-22)31(3)4/h5-17,26-27,34H,1-4H3,(H,30,35)/t26-,27+/m0/s1. The third kappa shape index (κ3) is 4.12. The average Bonchev–Trinajstić information content (AvgIpc) is 3.35. The van der Waals surface area contributed by atoms with Crippen molar-refractivity contribution < 1.29 is 5.11 Å². The molecule has 2 aromatic heterocycles. The largest absolute Gasteiger partial charge is 0.508 e. The van der Waals surface area contributed by atoms with E-state index in [1.165, 1.54) is 5.56 Å². The van der Waals surface area contributed by atoms with Crippen molar-refractivity contribution in [1.82, 2.24) is 14.9 Å². The number of pyridine rings is 1. The minimum Gasteiger partial charge on any atom is -0.508 e. The summed E-state index contributed by atoms with van der Waals surface area (Å²) in [7, 11) is 4.07. The number of rotatable bonds is 5. The minimum atomic E-state index is -0.106. The average molecular weight is 484 g/mol. The molecule has 2 aromatic carbocycles. The first-order valence-corrected chi connectivity index (χ1v) is 12.0. The van der Waals surface area contributed by atoms with Gasteiger partial charge in [0.15, 0.2) is 5.11 Å². The Morgan fingerprint density at radius 1 is 0.943 bits per heavy atom. The van der Waals surface area contributed by atoms with Crippen LogP contribution in [0.5, 0.6) is 5.75 Å². The maximum atomic E-state index is 9.78. The highest BCUT2D eigenvalue weighted by molar-refractivity contribution is 7.80. The molecule has 4 aromatic rings. The summed E-state index contributed by atoms with van der Waals surface area (Å²) in [6.07, 6.45) is 1.82. The summed E-state index contributed by atoms with van der Waals surface area (Å²) in [5.41, 5.74) is 7.54. The molecule has 35 heavy (non-hydrogen) atoms. The van der Waals surface area contributed by atoms with Gasteiger partial charge in [-0.3, -0.25) is 4.98 Å². The number of thiocarbonyl (C=S) groups is 1. The van der Waals surface area contributed by atoms with Crippen LogP contribution in [0.3, 0.4) is 0 Å². The first-order valence-electron chi connectivity index (χ1n) is 11.6. The van der Waals surface area contributed by atoms with Gasteiger partial charge in [0.05, 0.1) is 17.8 Å². The van der Waals surface area contributed by atoms with E-state index in [0.717, 1.165) is 34.1 Å². The zero-order valence-corrected chi connectivity index (χ0v) is 21.1. The Hall–Kier alpha value is -3.84. The predicted molar refractivity (Wildman–Crippen MR) is 146 cm³/mol. The molecule has 0 spiro atoms. The quantitative estimate of drug-likeness (QED) is 0.369. The second kappa shape index (κ2) is 9.07. The van der Waals surface area contributed by atoms with Crippen LogP contribution in [0.25, 0.3) is 5.69 Å². The van der Waals surface area contributed by atoms with E-state index in [1.807, 2.05) is 50.6 Å². The van der Waals surface area contributed by atoms with Gasteiger partial charge < -0.3 is 24.8 Å². The van der Waals surface area contributed by atoms with Gasteiger partial charge in [0.25, 0.3) is 0 Å². The third-order valence-electron chi connectivity index (χ3n) is 6.64. The van der Waals surface area contributed by atoms with Crippen molar-refractivity contribution in [2.75, 3.05) is 23.9 Å². The molecule has 1 saturated heterocycles. The van der Waals surface area contributed by atoms with Gasteiger partial charge in [0.1, 0.15) is 5.75 Å². The lowest BCUT2D eigenvalue weighted by atomic mass is 9.96. The van der Waals surface area contributed by atoms with Gasteiger partial charge in [0.2, 0.25) is 0 Å². The van der Waals surface area contributed by atoms with Crippen molar-refractivity contribution in [2.24, 2.45) is 0 Å². The number of benzene rings is 2. The summed E-state index contributed by atoms with van der Waals surface area (Å²) in [4.78, 5) is 8.97. The van der Waals surface area contributed by atoms with Crippen LogP contribution in [-0.2, 0) is 0 Å². The molecule has 178 valence electrons. The van der Waals surface area contributed by atoms with Gasteiger partial charge in [0, 0.05) is 48.7 Å². The normalized spacial score (nSPS) is 17.5. The number of hydrogen-bond donors (Lipinski definition) is 2. The molecule has 0 unspecified atom stereocenters. The van der Waals surface area contributed by atoms with E-state index in [2.05, 4.69) is 68.8 Å². The second-order valence-corrected chi connectivity index (χ2v) is 9.47. The highest BCUT2D eigenvalue weighted by Crippen LogP contribution is 2.44. The highest BCUT2D eigenvalue weighted by Gasteiger charge is 2.42. The Morgan fingerprint density at radius 2 is 1.63 bits per heavy atom. The SMILES string of the molecule is Cc1cc([C@@H]2[C@H](c3ccccn3)NC(=S)N2c2ccc(N(C)C)cc2)c(C)n1-c1ccc(O)cc1. The summed E-state index contributed by atoms with van der Waals surface area (Å²) >= 11 is 5.89. The maximum Gasteiger partial charge on any atom is 0.174 e. The molecule has 5 rings (SSSR count). The number of aromatic hydroxyl groups is 1. The fourth-order valence-electron chi connectivity index (χ4n) is 4.95. The lowest BCUT2D eigenvalue weighted by molar-refractivity contribution is 0.475.